The van der Waals surface area contributed by atoms with Gasteiger partial charge in [0.1, 0.15) is 0 Å². The van der Waals surface area contributed by atoms with E-state index in [-0.39, 0.29) is 4.92 Å². The van der Waals surface area contributed by atoms with Crippen LogP contribution in [0.1, 0.15) is 39.5 Å². The second-order valence-corrected chi connectivity index (χ2v) is 3.58. The summed E-state index contributed by atoms with van der Waals surface area (Å²) < 4.78 is 5.02. The lowest BCUT2D eigenvalue weighted by atomic mass is 10.0. The van der Waals surface area contributed by atoms with Gasteiger partial charge in [-0.3, -0.25) is 10.1 Å². The Balaban J connectivity index is 4.54. The van der Waals surface area contributed by atoms with Crippen LogP contribution in [0.2, 0.25) is 0 Å². The van der Waals surface area contributed by atoms with Crippen molar-refractivity contribution in [3.05, 3.63) is 22.8 Å². The molecule has 0 heterocycles. The van der Waals surface area contributed by atoms with E-state index in [9.17, 15) is 14.9 Å². The summed E-state index contributed by atoms with van der Waals surface area (Å²) in [5, 5.41) is 10.8. The Morgan fingerprint density at radius 2 is 2.19 bits per heavy atom. The molecule has 16 heavy (non-hydrogen) atoms. The molecule has 5 nitrogen and oxygen atoms in total. The third kappa shape index (κ3) is 4.91. The first-order chi connectivity index (χ1) is 7.56. The van der Waals surface area contributed by atoms with Crippen molar-refractivity contribution in [2.45, 2.75) is 51.7 Å². The molecule has 0 saturated heterocycles. The minimum absolute atomic E-state index is 0.353. The fourth-order valence-corrected chi connectivity index (χ4v) is 1.48. The van der Waals surface area contributed by atoms with Gasteiger partial charge in [-0.15, -0.1) is 0 Å². The molecule has 0 spiro atoms. The highest BCUT2D eigenvalue weighted by Crippen LogP contribution is 2.15. The minimum Gasteiger partial charge on any atom is -0.452 e. The predicted molar refractivity (Wildman–Crippen MR) is 60.7 cm³/mol. The number of hydrogen-bond donors (Lipinski definition) is 0. The summed E-state index contributed by atoms with van der Waals surface area (Å²) in [5.41, 5.74) is 0. The summed E-state index contributed by atoms with van der Waals surface area (Å²) in [6.45, 7) is 6.98. The summed E-state index contributed by atoms with van der Waals surface area (Å²) in [6, 6.07) is -0.824. The number of unbranched alkanes of at least 4 members (excludes halogenated alkanes) is 1. The summed E-state index contributed by atoms with van der Waals surface area (Å²) in [7, 11) is 0. The van der Waals surface area contributed by atoms with E-state index in [1.165, 1.54) is 0 Å². The third-order valence-electron chi connectivity index (χ3n) is 2.39. The van der Waals surface area contributed by atoms with Gasteiger partial charge in [-0.2, -0.15) is 0 Å². The monoisotopic (exact) mass is 229 g/mol. The van der Waals surface area contributed by atoms with Crippen LogP contribution in [0, 0.1) is 10.1 Å². The lowest BCUT2D eigenvalue weighted by molar-refractivity contribution is -0.534. The fourth-order valence-electron chi connectivity index (χ4n) is 1.48. The van der Waals surface area contributed by atoms with Gasteiger partial charge in [0.2, 0.25) is 6.04 Å². The number of rotatable bonds is 8. The zero-order chi connectivity index (χ0) is 12.6. The Kier molecular flexibility index (Phi) is 7.16. The van der Waals surface area contributed by atoms with E-state index >= 15 is 0 Å². The van der Waals surface area contributed by atoms with Crippen LogP contribution < -0.4 is 0 Å². The first-order valence-electron chi connectivity index (χ1n) is 5.53. The smallest absolute Gasteiger partial charge is 0.330 e. The highest BCUT2D eigenvalue weighted by molar-refractivity contribution is 5.81. The molecular formula is C11H19NO4. The molecule has 0 saturated carbocycles. The second-order valence-electron chi connectivity index (χ2n) is 3.58. The maximum absolute atomic E-state index is 11.1. The average molecular weight is 229 g/mol. The average Bonchev–Trinajstić information content (AvgIpc) is 2.25. The first kappa shape index (κ1) is 14.6. The van der Waals surface area contributed by atoms with Crippen LogP contribution in [0.25, 0.3) is 0 Å². The van der Waals surface area contributed by atoms with Crippen molar-refractivity contribution in [1.29, 1.82) is 0 Å². The summed E-state index contributed by atoms with van der Waals surface area (Å²) in [5.74, 6) is -0.596. The SMILES string of the molecule is C=CC(=O)OC(CCCC)C(CC)[N+](=O)[O-]. The quantitative estimate of drug-likeness (QED) is 0.277. The molecule has 0 bridgehead atoms. The van der Waals surface area contributed by atoms with E-state index in [0.717, 1.165) is 18.9 Å². The maximum Gasteiger partial charge on any atom is 0.330 e. The number of nitrogens with zero attached hydrogens (tertiary/aromatic N) is 1. The molecular weight excluding hydrogens is 210 g/mol. The molecule has 0 aliphatic rings. The van der Waals surface area contributed by atoms with Crippen molar-refractivity contribution in [1.82, 2.24) is 0 Å². The van der Waals surface area contributed by atoms with E-state index in [0.29, 0.717) is 12.8 Å². The molecule has 5 heteroatoms. The van der Waals surface area contributed by atoms with Crippen molar-refractivity contribution < 1.29 is 14.5 Å². The highest BCUT2D eigenvalue weighted by atomic mass is 16.6. The number of ether oxygens (including phenoxy) is 1. The second kappa shape index (κ2) is 7.84. The number of esters is 1. The largest absolute Gasteiger partial charge is 0.452 e. The van der Waals surface area contributed by atoms with Crippen LogP contribution in [0.5, 0.6) is 0 Å². The van der Waals surface area contributed by atoms with E-state index in [2.05, 4.69) is 6.58 Å². The molecule has 0 rings (SSSR count). The zero-order valence-electron chi connectivity index (χ0n) is 9.85. The van der Waals surface area contributed by atoms with Crippen molar-refractivity contribution in [3.63, 3.8) is 0 Å². The summed E-state index contributed by atoms with van der Waals surface area (Å²) in [4.78, 5) is 21.5. The molecule has 0 N–H and O–H groups in total. The lowest BCUT2D eigenvalue weighted by Gasteiger charge is -2.19. The van der Waals surface area contributed by atoms with Gasteiger partial charge in [0, 0.05) is 17.4 Å². The zero-order valence-corrected chi connectivity index (χ0v) is 9.85. The first-order valence-corrected chi connectivity index (χ1v) is 5.53. The van der Waals surface area contributed by atoms with Gasteiger partial charge >= 0.3 is 5.97 Å². The molecule has 92 valence electrons. The van der Waals surface area contributed by atoms with Crippen LogP contribution >= 0.6 is 0 Å². The van der Waals surface area contributed by atoms with E-state index in [4.69, 9.17) is 4.74 Å². The van der Waals surface area contributed by atoms with Gasteiger partial charge in [-0.05, 0) is 12.8 Å². The molecule has 0 radical (unpaired) electrons. The topological polar surface area (TPSA) is 69.4 Å². The van der Waals surface area contributed by atoms with E-state index in [1.807, 2.05) is 6.92 Å². The molecule has 0 aliphatic heterocycles. The Morgan fingerprint density at radius 3 is 2.56 bits per heavy atom. The summed E-state index contributed by atoms with van der Waals surface area (Å²) >= 11 is 0. The van der Waals surface area contributed by atoms with Gasteiger partial charge in [-0.25, -0.2) is 4.79 Å². The van der Waals surface area contributed by atoms with Crippen LogP contribution in [0.15, 0.2) is 12.7 Å². The van der Waals surface area contributed by atoms with Crippen molar-refractivity contribution in [2.24, 2.45) is 0 Å². The number of carbonyl (C=O) groups excluding carboxylic acids is 1. The molecule has 2 unspecified atom stereocenters. The summed E-state index contributed by atoms with van der Waals surface area (Å²) in [6.07, 6.45) is 2.98. The van der Waals surface area contributed by atoms with Crippen molar-refractivity contribution in [2.75, 3.05) is 0 Å². The van der Waals surface area contributed by atoms with Gasteiger partial charge in [0.25, 0.3) is 0 Å². The maximum atomic E-state index is 11.1. The van der Waals surface area contributed by atoms with E-state index < -0.39 is 18.1 Å². The fraction of sp³-hybridized carbons (Fsp3) is 0.727. The van der Waals surface area contributed by atoms with Gasteiger partial charge in [0.05, 0.1) is 0 Å². The van der Waals surface area contributed by atoms with Crippen molar-refractivity contribution >= 4 is 5.97 Å². The van der Waals surface area contributed by atoms with Crippen LogP contribution in [0.4, 0.5) is 0 Å². The standard InChI is InChI=1S/C11H19NO4/c1-4-7-8-10(16-11(13)6-3)9(5-2)12(14)15/h6,9-10H,3-5,7-8H2,1-2H3. The number of nitro groups is 1. The van der Waals surface area contributed by atoms with E-state index in [1.54, 1.807) is 6.92 Å². The predicted octanol–water partition coefficient (Wildman–Crippen LogP) is 2.33. The molecule has 0 aromatic carbocycles. The van der Waals surface area contributed by atoms with Crippen LogP contribution in [-0.2, 0) is 9.53 Å². The van der Waals surface area contributed by atoms with Gasteiger partial charge in [0.15, 0.2) is 6.10 Å². The Labute approximate surface area is 95.6 Å². The number of hydrogen-bond acceptors (Lipinski definition) is 4. The molecule has 2 atom stereocenters. The van der Waals surface area contributed by atoms with Crippen molar-refractivity contribution in [3.8, 4) is 0 Å². The number of carbonyl (C=O) groups is 1. The Morgan fingerprint density at radius 1 is 1.56 bits per heavy atom. The minimum atomic E-state index is -0.824. The molecule has 0 aliphatic carbocycles. The van der Waals surface area contributed by atoms with Gasteiger partial charge in [-0.1, -0.05) is 26.8 Å². The molecule has 0 aromatic rings. The Bertz CT molecular complexity index is 252. The van der Waals surface area contributed by atoms with Crippen LogP contribution in [0.3, 0.4) is 0 Å². The van der Waals surface area contributed by atoms with Gasteiger partial charge < -0.3 is 4.74 Å². The highest BCUT2D eigenvalue weighted by Gasteiger charge is 2.31. The van der Waals surface area contributed by atoms with Crippen LogP contribution in [-0.4, -0.2) is 23.0 Å². The third-order valence-corrected chi connectivity index (χ3v) is 2.39. The normalized spacial score (nSPS) is 13.9. The molecule has 0 fully saturated rings. The lowest BCUT2D eigenvalue weighted by Crippen LogP contribution is -2.36. The molecule has 0 amide bonds. The Hall–Kier alpha value is -1.39. The molecule has 0 aromatic heterocycles.